The summed E-state index contributed by atoms with van der Waals surface area (Å²) in [6.45, 7) is 1.92. The Hall–Kier alpha value is -0.0600. The number of rotatable bonds is 3. The van der Waals surface area contributed by atoms with Crippen LogP contribution in [0.3, 0.4) is 0 Å². The van der Waals surface area contributed by atoms with Crippen LogP contribution >= 0.6 is 11.3 Å². The van der Waals surface area contributed by atoms with Crippen molar-refractivity contribution in [2.24, 2.45) is 0 Å². The predicted molar refractivity (Wildman–Crippen MR) is 44.5 cm³/mol. The van der Waals surface area contributed by atoms with E-state index >= 15 is 0 Å². The molecule has 1 rings (SSSR count). The lowest BCUT2D eigenvalue weighted by molar-refractivity contribution is 0.595. The van der Waals surface area contributed by atoms with E-state index in [-0.39, 0.29) is 0 Å². The fourth-order valence-electron chi connectivity index (χ4n) is 0.564. The zero-order valence-electron chi connectivity index (χ0n) is 5.74. The van der Waals surface area contributed by atoms with Gasteiger partial charge in [0.2, 0.25) is 0 Å². The Morgan fingerprint density at radius 1 is 1.80 bits per heavy atom. The summed E-state index contributed by atoms with van der Waals surface area (Å²) in [7, 11) is 0. The van der Waals surface area contributed by atoms with Gasteiger partial charge in [-0.25, -0.2) is 4.98 Å². The topological polar surface area (TPSA) is 36.0 Å². The summed E-state index contributed by atoms with van der Waals surface area (Å²) in [6.07, 6.45) is 1.74. The van der Waals surface area contributed by atoms with Crippen LogP contribution in [-0.4, -0.2) is 15.3 Å². The molecule has 1 atom stereocenters. The molecular formula is C6H9NOS2. The molecule has 1 aromatic rings. The molecule has 10 heavy (non-hydrogen) atoms. The van der Waals surface area contributed by atoms with Gasteiger partial charge in [-0.2, -0.15) is 0 Å². The van der Waals surface area contributed by atoms with Crippen LogP contribution in [-0.2, 0) is 16.9 Å². The highest BCUT2D eigenvalue weighted by molar-refractivity contribution is 7.90. The maximum absolute atomic E-state index is 11.0. The Labute approximate surface area is 67.5 Å². The fraction of sp³-hybridized carbons (Fsp3) is 0.500. The molecule has 56 valence electrons. The highest BCUT2D eigenvalue weighted by atomic mass is 32.2. The first kappa shape index (κ1) is 8.04. The molecule has 0 saturated carbocycles. The van der Waals surface area contributed by atoms with E-state index in [0.717, 1.165) is 10.8 Å². The zero-order chi connectivity index (χ0) is 7.40. The van der Waals surface area contributed by atoms with Crippen LogP contribution in [0.1, 0.15) is 11.9 Å². The molecule has 0 aliphatic rings. The van der Waals surface area contributed by atoms with Gasteiger partial charge in [-0.15, -0.1) is 11.3 Å². The summed E-state index contributed by atoms with van der Waals surface area (Å²) in [5.41, 5.74) is 0. The molecule has 0 amide bonds. The summed E-state index contributed by atoms with van der Waals surface area (Å²) < 4.78 is 11.0. The van der Waals surface area contributed by atoms with E-state index in [9.17, 15) is 4.55 Å². The molecule has 0 aliphatic carbocycles. The molecule has 0 aromatic carbocycles. The van der Waals surface area contributed by atoms with Crippen LogP contribution in [0.15, 0.2) is 11.6 Å². The first-order valence-corrected chi connectivity index (χ1v) is 5.43. The molecule has 1 aromatic heterocycles. The minimum atomic E-state index is -0.708. The van der Waals surface area contributed by atoms with Gasteiger partial charge in [0.25, 0.3) is 0 Å². The predicted octanol–water partition coefficient (Wildman–Crippen LogP) is 1.41. The highest BCUT2D eigenvalue weighted by Gasteiger charge is 2.05. The van der Waals surface area contributed by atoms with Crippen molar-refractivity contribution in [1.29, 1.82) is 0 Å². The van der Waals surface area contributed by atoms with Crippen molar-refractivity contribution in [2.75, 3.05) is 5.75 Å². The van der Waals surface area contributed by atoms with Crippen LogP contribution in [0.5, 0.6) is 0 Å². The lowest BCUT2D eigenvalue weighted by atomic mass is 10.8. The quantitative estimate of drug-likeness (QED) is 0.651. The van der Waals surface area contributed by atoms with Crippen molar-refractivity contribution in [2.45, 2.75) is 12.7 Å². The van der Waals surface area contributed by atoms with Crippen LogP contribution in [0.25, 0.3) is 0 Å². The van der Waals surface area contributed by atoms with E-state index < -0.39 is 11.2 Å². The lowest BCUT2D eigenvalue weighted by Crippen LogP contribution is -2.05. The summed E-state index contributed by atoms with van der Waals surface area (Å²) in [4.78, 5) is 4.03. The van der Waals surface area contributed by atoms with Crippen LogP contribution in [0.2, 0.25) is 0 Å². The van der Waals surface area contributed by atoms with E-state index in [1.165, 1.54) is 0 Å². The van der Waals surface area contributed by atoms with Crippen molar-refractivity contribution in [3.63, 3.8) is 0 Å². The maximum atomic E-state index is 11.0. The molecule has 0 N–H and O–H groups in total. The number of aromatic nitrogens is 1. The van der Waals surface area contributed by atoms with E-state index in [4.69, 9.17) is 0 Å². The average molecular weight is 175 g/mol. The molecule has 0 fully saturated rings. The molecule has 0 radical (unpaired) electrons. The van der Waals surface area contributed by atoms with Gasteiger partial charge in [-0.3, -0.25) is 0 Å². The monoisotopic (exact) mass is 175 g/mol. The molecule has 2 nitrogen and oxygen atoms in total. The van der Waals surface area contributed by atoms with E-state index in [1.807, 2.05) is 12.3 Å². The van der Waals surface area contributed by atoms with Gasteiger partial charge in [0.05, 0.1) is 0 Å². The second-order valence-corrected chi connectivity index (χ2v) is 4.52. The minimum absolute atomic E-state index is 0.619. The lowest BCUT2D eigenvalue weighted by Gasteiger charge is -2.04. The Morgan fingerprint density at radius 3 is 3.10 bits per heavy atom. The number of nitrogens with zero attached hydrogens (tertiary/aromatic N) is 1. The molecule has 0 bridgehead atoms. The molecular weight excluding hydrogens is 166 g/mol. The molecule has 4 heteroatoms. The van der Waals surface area contributed by atoms with Crippen molar-refractivity contribution in [3.8, 4) is 0 Å². The van der Waals surface area contributed by atoms with Gasteiger partial charge in [0.1, 0.15) is 10.8 Å². The van der Waals surface area contributed by atoms with Crippen molar-refractivity contribution in [1.82, 2.24) is 4.98 Å². The van der Waals surface area contributed by atoms with E-state index in [0.29, 0.717) is 5.75 Å². The Kier molecular flexibility index (Phi) is 3.18. The normalized spacial score (nSPS) is 13.4. The standard InChI is InChI=1S/C6H9NOS2/c1-2-10(8)5-6-7-3-4-9-6/h3-4H,2,5H2,1H3. The van der Waals surface area contributed by atoms with E-state index in [1.54, 1.807) is 17.5 Å². The zero-order valence-corrected chi connectivity index (χ0v) is 7.37. The maximum Gasteiger partial charge on any atom is 0.156 e. The fourth-order valence-corrected chi connectivity index (χ4v) is 2.19. The van der Waals surface area contributed by atoms with Crippen LogP contribution in [0, 0.1) is 0 Å². The van der Waals surface area contributed by atoms with Gasteiger partial charge in [-0.1, -0.05) is 0 Å². The first-order valence-electron chi connectivity index (χ1n) is 3.06. The number of hydrogen-bond donors (Lipinski definition) is 0. The second-order valence-electron chi connectivity index (χ2n) is 1.80. The summed E-state index contributed by atoms with van der Waals surface area (Å²) >= 11 is 0.854. The van der Waals surface area contributed by atoms with E-state index in [2.05, 4.69) is 4.98 Å². The summed E-state index contributed by atoms with van der Waals surface area (Å²) in [6, 6.07) is 0. The molecule has 1 heterocycles. The second kappa shape index (κ2) is 3.95. The number of thiazole rings is 1. The summed E-state index contributed by atoms with van der Waals surface area (Å²) in [5, 5.41) is 2.88. The third kappa shape index (κ3) is 2.28. The highest BCUT2D eigenvalue weighted by Crippen LogP contribution is 2.08. The van der Waals surface area contributed by atoms with Crippen molar-refractivity contribution >= 4 is 22.5 Å². The first-order chi connectivity index (χ1) is 4.83. The average Bonchev–Trinajstić information content (AvgIpc) is 2.40. The SMILES string of the molecule is CC[S+]([O-])Cc1nccs1. The molecule has 0 aliphatic heterocycles. The Morgan fingerprint density at radius 2 is 2.60 bits per heavy atom. The van der Waals surface area contributed by atoms with Crippen LogP contribution < -0.4 is 0 Å². The van der Waals surface area contributed by atoms with Gasteiger partial charge < -0.3 is 4.55 Å². The van der Waals surface area contributed by atoms with Gasteiger partial charge in [0, 0.05) is 11.6 Å². The van der Waals surface area contributed by atoms with Crippen molar-refractivity contribution < 1.29 is 4.55 Å². The van der Waals surface area contributed by atoms with Gasteiger partial charge in [-0.05, 0) is 18.1 Å². The smallest absolute Gasteiger partial charge is 0.156 e. The summed E-state index contributed by atoms with van der Waals surface area (Å²) in [5.74, 6) is 1.34. The third-order valence-electron chi connectivity index (χ3n) is 1.09. The molecule has 0 saturated heterocycles. The van der Waals surface area contributed by atoms with Gasteiger partial charge in [0.15, 0.2) is 5.75 Å². The number of hydrogen-bond acceptors (Lipinski definition) is 3. The minimum Gasteiger partial charge on any atom is -0.616 e. The van der Waals surface area contributed by atoms with Crippen LogP contribution in [0.4, 0.5) is 0 Å². The molecule has 1 unspecified atom stereocenters. The Balaban J connectivity index is 2.40. The third-order valence-corrected chi connectivity index (χ3v) is 3.29. The van der Waals surface area contributed by atoms with Crippen molar-refractivity contribution in [3.05, 3.63) is 16.6 Å². The molecule has 0 spiro atoms. The van der Waals surface area contributed by atoms with Gasteiger partial charge >= 0.3 is 0 Å². The Bertz CT molecular complexity index is 176. The largest absolute Gasteiger partial charge is 0.616 e.